The standard InChI is InChI=1S/C14H18F3N3/c1-10-11(9-18-2)3-4-13(19-10)20-7-5-12(6-8-20)14(15,16)17/h3-5,18H,6-9H2,1-2H3. The van der Waals surface area contributed by atoms with Gasteiger partial charge in [-0.15, -0.1) is 0 Å². The summed E-state index contributed by atoms with van der Waals surface area (Å²) in [6.07, 6.45) is -2.93. The molecule has 0 fully saturated rings. The monoisotopic (exact) mass is 285 g/mol. The topological polar surface area (TPSA) is 28.2 Å². The highest BCUT2D eigenvalue weighted by molar-refractivity contribution is 5.44. The van der Waals surface area contributed by atoms with E-state index in [0.717, 1.165) is 23.6 Å². The molecular weight excluding hydrogens is 267 g/mol. The number of nitrogens with one attached hydrogen (secondary N) is 1. The second kappa shape index (κ2) is 5.83. The van der Waals surface area contributed by atoms with E-state index in [0.29, 0.717) is 6.54 Å². The van der Waals surface area contributed by atoms with Gasteiger partial charge in [0, 0.05) is 30.9 Å². The third kappa shape index (κ3) is 3.30. The molecule has 0 saturated heterocycles. The molecule has 2 rings (SSSR count). The van der Waals surface area contributed by atoms with Crippen molar-refractivity contribution in [3.8, 4) is 0 Å². The molecule has 0 radical (unpaired) electrons. The summed E-state index contributed by atoms with van der Waals surface area (Å²) in [5.41, 5.74) is 1.57. The van der Waals surface area contributed by atoms with Crippen LogP contribution in [0.5, 0.6) is 0 Å². The SMILES string of the molecule is CNCc1ccc(N2CC=C(C(F)(F)F)CC2)nc1C. The van der Waals surface area contributed by atoms with Gasteiger partial charge in [0.15, 0.2) is 0 Å². The van der Waals surface area contributed by atoms with Gasteiger partial charge >= 0.3 is 6.18 Å². The zero-order valence-electron chi connectivity index (χ0n) is 11.6. The van der Waals surface area contributed by atoms with Crippen LogP contribution in [0.1, 0.15) is 17.7 Å². The first-order chi connectivity index (χ1) is 9.41. The van der Waals surface area contributed by atoms with Crippen LogP contribution in [0.2, 0.25) is 0 Å². The van der Waals surface area contributed by atoms with Crippen LogP contribution in [-0.2, 0) is 6.54 Å². The van der Waals surface area contributed by atoms with Crippen molar-refractivity contribution >= 4 is 5.82 Å². The van der Waals surface area contributed by atoms with Crippen molar-refractivity contribution in [1.82, 2.24) is 10.3 Å². The second-order valence-corrected chi connectivity index (χ2v) is 4.87. The van der Waals surface area contributed by atoms with Crippen molar-refractivity contribution in [3.63, 3.8) is 0 Å². The van der Waals surface area contributed by atoms with Gasteiger partial charge in [0.05, 0.1) is 0 Å². The molecule has 1 aromatic rings. The van der Waals surface area contributed by atoms with E-state index in [4.69, 9.17) is 0 Å². The highest BCUT2D eigenvalue weighted by Crippen LogP contribution is 2.31. The maximum absolute atomic E-state index is 12.6. The van der Waals surface area contributed by atoms with Crippen LogP contribution in [0, 0.1) is 6.92 Å². The number of aryl methyl sites for hydroxylation is 1. The number of anilines is 1. The molecule has 110 valence electrons. The normalized spacial score (nSPS) is 16.2. The first kappa shape index (κ1) is 14.8. The van der Waals surface area contributed by atoms with E-state index in [2.05, 4.69) is 10.3 Å². The molecule has 0 unspecified atom stereocenters. The lowest BCUT2D eigenvalue weighted by Crippen LogP contribution is -2.32. The van der Waals surface area contributed by atoms with Gasteiger partial charge in [-0.25, -0.2) is 4.98 Å². The van der Waals surface area contributed by atoms with E-state index in [1.165, 1.54) is 6.08 Å². The Hall–Kier alpha value is -1.56. The highest BCUT2D eigenvalue weighted by Gasteiger charge is 2.34. The van der Waals surface area contributed by atoms with Gasteiger partial charge in [-0.05, 0) is 32.0 Å². The number of halogens is 3. The lowest BCUT2D eigenvalue weighted by molar-refractivity contribution is -0.0944. The van der Waals surface area contributed by atoms with Gasteiger partial charge in [0.2, 0.25) is 0 Å². The summed E-state index contributed by atoms with van der Waals surface area (Å²) in [6, 6.07) is 3.84. The zero-order chi connectivity index (χ0) is 14.8. The van der Waals surface area contributed by atoms with E-state index < -0.39 is 11.7 Å². The minimum atomic E-state index is -4.20. The van der Waals surface area contributed by atoms with Crippen molar-refractivity contribution in [3.05, 3.63) is 35.0 Å². The van der Waals surface area contributed by atoms with Crippen molar-refractivity contribution in [2.45, 2.75) is 26.1 Å². The number of pyridine rings is 1. The largest absolute Gasteiger partial charge is 0.412 e. The molecule has 1 N–H and O–H groups in total. The molecule has 20 heavy (non-hydrogen) atoms. The van der Waals surface area contributed by atoms with Crippen molar-refractivity contribution in [2.24, 2.45) is 0 Å². The van der Waals surface area contributed by atoms with E-state index >= 15 is 0 Å². The van der Waals surface area contributed by atoms with Crippen LogP contribution in [-0.4, -0.2) is 31.3 Å². The Bertz CT molecular complexity index is 509. The smallest absolute Gasteiger partial charge is 0.353 e. The molecule has 3 nitrogen and oxygen atoms in total. The molecule has 0 bridgehead atoms. The quantitative estimate of drug-likeness (QED) is 0.866. The summed E-state index contributed by atoms with van der Waals surface area (Å²) in [5, 5.41) is 3.06. The number of aromatic nitrogens is 1. The molecule has 1 aliphatic heterocycles. The lowest BCUT2D eigenvalue weighted by atomic mass is 10.1. The van der Waals surface area contributed by atoms with E-state index in [-0.39, 0.29) is 13.0 Å². The summed E-state index contributed by atoms with van der Waals surface area (Å²) in [4.78, 5) is 6.34. The number of nitrogens with zero attached hydrogens (tertiary/aromatic N) is 2. The molecule has 6 heteroatoms. The predicted octanol–water partition coefficient (Wildman–Crippen LogP) is 2.81. The number of alkyl halides is 3. The van der Waals surface area contributed by atoms with E-state index in [1.807, 2.05) is 31.0 Å². The third-order valence-corrected chi connectivity index (χ3v) is 3.45. The van der Waals surface area contributed by atoms with Gasteiger partial charge in [0.25, 0.3) is 0 Å². The van der Waals surface area contributed by atoms with E-state index in [9.17, 15) is 13.2 Å². The van der Waals surface area contributed by atoms with Crippen LogP contribution in [0.15, 0.2) is 23.8 Å². The fourth-order valence-corrected chi connectivity index (χ4v) is 2.26. The van der Waals surface area contributed by atoms with Crippen LogP contribution in [0.3, 0.4) is 0 Å². The van der Waals surface area contributed by atoms with Crippen LogP contribution < -0.4 is 10.2 Å². The maximum atomic E-state index is 12.6. The zero-order valence-corrected chi connectivity index (χ0v) is 11.6. The minimum absolute atomic E-state index is 0.0164. The third-order valence-electron chi connectivity index (χ3n) is 3.45. The lowest BCUT2D eigenvalue weighted by Gasteiger charge is -2.28. The fourth-order valence-electron chi connectivity index (χ4n) is 2.26. The van der Waals surface area contributed by atoms with Gasteiger partial charge in [-0.3, -0.25) is 0 Å². The molecule has 0 spiro atoms. The average molecular weight is 285 g/mol. The fraction of sp³-hybridized carbons (Fsp3) is 0.500. The van der Waals surface area contributed by atoms with Crippen LogP contribution >= 0.6 is 0 Å². The molecule has 0 aliphatic carbocycles. The summed E-state index contributed by atoms with van der Waals surface area (Å²) in [5.74, 6) is 0.736. The number of hydrogen-bond donors (Lipinski definition) is 1. The van der Waals surface area contributed by atoms with Gasteiger partial charge in [-0.2, -0.15) is 13.2 Å². The molecule has 0 saturated carbocycles. The number of hydrogen-bond acceptors (Lipinski definition) is 3. The Kier molecular flexibility index (Phi) is 4.32. The Labute approximate surface area is 116 Å². The van der Waals surface area contributed by atoms with Crippen molar-refractivity contribution in [1.29, 1.82) is 0 Å². The second-order valence-electron chi connectivity index (χ2n) is 4.87. The van der Waals surface area contributed by atoms with Crippen molar-refractivity contribution < 1.29 is 13.2 Å². The Balaban J connectivity index is 2.11. The molecule has 2 heterocycles. The van der Waals surface area contributed by atoms with Crippen LogP contribution in [0.25, 0.3) is 0 Å². The molecule has 0 atom stereocenters. The molecule has 0 amide bonds. The summed E-state index contributed by atoms with van der Waals surface area (Å²) < 4.78 is 37.7. The van der Waals surface area contributed by atoms with Crippen molar-refractivity contribution in [2.75, 3.05) is 25.0 Å². The Morgan fingerprint density at radius 2 is 2.10 bits per heavy atom. The molecule has 1 aromatic heterocycles. The first-order valence-corrected chi connectivity index (χ1v) is 6.54. The minimum Gasteiger partial charge on any atom is -0.353 e. The van der Waals surface area contributed by atoms with Gasteiger partial charge in [-0.1, -0.05) is 12.1 Å². The summed E-state index contributed by atoms with van der Waals surface area (Å²) in [7, 11) is 1.86. The van der Waals surface area contributed by atoms with Gasteiger partial charge in [0.1, 0.15) is 5.82 Å². The van der Waals surface area contributed by atoms with Gasteiger partial charge < -0.3 is 10.2 Å². The first-order valence-electron chi connectivity index (χ1n) is 6.54. The maximum Gasteiger partial charge on any atom is 0.412 e. The Morgan fingerprint density at radius 1 is 1.35 bits per heavy atom. The summed E-state index contributed by atoms with van der Waals surface area (Å²) >= 11 is 0. The average Bonchev–Trinajstić information content (AvgIpc) is 2.40. The highest BCUT2D eigenvalue weighted by atomic mass is 19.4. The molecule has 1 aliphatic rings. The number of rotatable bonds is 3. The summed E-state index contributed by atoms with van der Waals surface area (Å²) in [6.45, 7) is 3.25. The Morgan fingerprint density at radius 3 is 2.60 bits per heavy atom. The molecule has 0 aromatic carbocycles. The van der Waals surface area contributed by atoms with Crippen LogP contribution in [0.4, 0.5) is 19.0 Å². The predicted molar refractivity (Wildman–Crippen MR) is 72.7 cm³/mol. The van der Waals surface area contributed by atoms with E-state index in [1.54, 1.807) is 0 Å². The molecular formula is C14H18F3N3.